The maximum absolute atomic E-state index is 5.90. The van der Waals surface area contributed by atoms with Crippen LogP contribution in [-0.4, -0.2) is 24.0 Å². The summed E-state index contributed by atoms with van der Waals surface area (Å²) in [5.41, 5.74) is 10.5. The SMILES string of the molecule is Cl.NCC1CCCCN1Cc1ccc2c(c1)CCC2. The summed E-state index contributed by atoms with van der Waals surface area (Å²) in [5.74, 6) is 0. The van der Waals surface area contributed by atoms with Crippen molar-refractivity contribution in [2.75, 3.05) is 13.1 Å². The third kappa shape index (κ3) is 3.31. The molecular formula is C16H25ClN2. The van der Waals surface area contributed by atoms with Crippen molar-refractivity contribution in [2.24, 2.45) is 5.73 Å². The van der Waals surface area contributed by atoms with Gasteiger partial charge >= 0.3 is 0 Å². The Bertz CT molecular complexity index is 419. The van der Waals surface area contributed by atoms with Crippen molar-refractivity contribution >= 4 is 12.4 Å². The molecule has 1 saturated heterocycles. The first kappa shape index (κ1) is 14.8. The summed E-state index contributed by atoms with van der Waals surface area (Å²) in [7, 11) is 0. The molecule has 106 valence electrons. The highest BCUT2D eigenvalue weighted by molar-refractivity contribution is 5.85. The highest BCUT2D eigenvalue weighted by Crippen LogP contribution is 2.25. The van der Waals surface area contributed by atoms with Crippen molar-refractivity contribution in [3.8, 4) is 0 Å². The van der Waals surface area contributed by atoms with E-state index in [4.69, 9.17) is 5.73 Å². The normalized spacial score (nSPS) is 22.9. The summed E-state index contributed by atoms with van der Waals surface area (Å²) in [5, 5.41) is 0. The Morgan fingerprint density at radius 2 is 1.95 bits per heavy atom. The smallest absolute Gasteiger partial charge is 0.0237 e. The number of hydrogen-bond acceptors (Lipinski definition) is 2. The first-order valence-electron chi connectivity index (χ1n) is 7.41. The first-order chi connectivity index (χ1) is 8.86. The molecule has 0 bridgehead atoms. The lowest BCUT2D eigenvalue weighted by Gasteiger charge is -2.35. The van der Waals surface area contributed by atoms with Gasteiger partial charge in [0, 0.05) is 19.1 Å². The van der Waals surface area contributed by atoms with E-state index >= 15 is 0 Å². The van der Waals surface area contributed by atoms with Gasteiger partial charge in [0.25, 0.3) is 0 Å². The number of likely N-dealkylation sites (tertiary alicyclic amines) is 1. The molecule has 2 nitrogen and oxygen atoms in total. The quantitative estimate of drug-likeness (QED) is 0.922. The number of halogens is 1. The van der Waals surface area contributed by atoms with Gasteiger partial charge in [0.05, 0.1) is 0 Å². The summed E-state index contributed by atoms with van der Waals surface area (Å²) < 4.78 is 0. The van der Waals surface area contributed by atoms with E-state index in [0.717, 1.165) is 13.1 Å². The molecule has 1 aliphatic carbocycles. The number of hydrogen-bond donors (Lipinski definition) is 1. The van der Waals surface area contributed by atoms with E-state index < -0.39 is 0 Å². The lowest BCUT2D eigenvalue weighted by Crippen LogP contribution is -2.43. The first-order valence-corrected chi connectivity index (χ1v) is 7.41. The summed E-state index contributed by atoms with van der Waals surface area (Å²) in [6.45, 7) is 3.12. The number of piperidine rings is 1. The maximum atomic E-state index is 5.90. The molecule has 1 fully saturated rings. The predicted octanol–water partition coefficient (Wildman–Crippen LogP) is 2.91. The van der Waals surface area contributed by atoms with Crippen LogP contribution < -0.4 is 5.73 Å². The Morgan fingerprint density at radius 3 is 2.79 bits per heavy atom. The molecule has 1 heterocycles. The Morgan fingerprint density at radius 1 is 1.11 bits per heavy atom. The van der Waals surface area contributed by atoms with Crippen molar-refractivity contribution in [3.05, 3.63) is 34.9 Å². The van der Waals surface area contributed by atoms with Gasteiger partial charge in [0.1, 0.15) is 0 Å². The van der Waals surface area contributed by atoms with E-state index in [0.29, 0.717) is 6.04 Å². The molecule has 1 aromatic carbocycles. The molecule has 0 aromatic heterocycles. The predicted molar refractivity (Wildman–Crippen MR) is 82.8 cm³/mol. The Labute approximate surface area is 122 Å². The fourth-order valence-corrected chi connectivity index (χ4v) is 3.49. The Kier molecular flexibility index (Phi) is 5.26. The van der Waals surface area contributed by atoms with Crippen molar-refractivity contribution in [2.45, 2.75) is 51.1 Å². The molecule has 3 heteroatoms. The molecular weight excluding hydrogens is 256 g/mol. The fourth-order valence-electron chi connectivity index (χ4n) is 3.49. The zero-order valence-corrected chi connectivity index (χ0v) is 12.4. The van der Waals surface area contributed by atoms with Crippen LogP contribution in [0.1, 0.15) is 42.4 Å². The highest BCUT2D eigenvalue weighted by Gasteiger charge is 2.21. The van der Waals surface area contributed by atoms with Gasteiger partial charge in [-0.3, -0.25) is 4.90 Å². The molecule has 19 heavy (non-hydrogen) atoms. The standard InChI is InChI=1S/C16H24N2.ClH/c17-11-16-6-1-2-9-18(16)12-13-7-8-14-4-3-5-15(14)10-13;/h7-8,10,16H,1-6,9,11-12,17H2;1H. The van der Waals surface area contributed by atoms with Gasteiger partial charge < -0.3 is 5.73 Å². The van der Waals surface area contributed by atoms with Crippen molar-refractivity contribution < 1.29 is 0 Å². The Hall–Kier alpha value is -0.570. The van der Waals surface area contributed by atoms with Crippen LogP contribution in [0.3, 0.4) is 0 Å². The van der Waals surface area contributed by atoms with Crippen LogP contribution in [0, 0.1) is 0 Å². The number of benzene rings is 1. The second-order valence-electron chi connectivity index (χ2n) is 5.81. The minimum atomic E-state index is 0. The van der Waals surface area contributed by atoms with E-state index in [9.17, 15) is 0 Å². The number of rotatable bonds is 3. The molecule has 1 aliphatic heterocycles. The van der Waals surface area contributed by atoms with Crippen LogP contribution >= 0.6 is 12.4 Å². The van der Waals surface area contributed by atoms with Crippen molar-refractivity contribution in [1.82, 2.24) is 4.90 Å². The summed E-state index contributed by atoms with van der Waals surface area (Å²) in [6, 6.07) is 7.71. The maximum Gasteiger partial charge on any atom is 0.0237 e. The topological polar surface area (TPSA) is 29.3 Å². The number of nitrogens with zero attached hydrogens (tertiary/aromatic N) is 1. The third-order valence-electron chi connectivity index (χ3n) is 4.57. The van der Waals surface area contributed by atoms with Gasteiger partial charge in [0.15, 0.2) is 0 Å². The number of nitrogens with two attached hydrogens (primary N) is 1. The van der Waals surface area contributed by atoms with Gasteiger partial charge in [-0.05, 0) is 55.3 Å². The molecule has 0 radical (unpaired) electrons. The zero-order valence-electron chi connectivity index (χ0n) is 11.6. The van der Waals surface area contributed by atoms with Crippen LogP contribution in [-0.2, 0) is 19.4 Å². The van der Waals surface area contributed by atoms with Crippen molar-refractivity contribution in [3.63, 3.8) is 0 Å². The van der Waals surface area contributed by atoms with Crippen LogP contribution in [0.5, 0.6) is 0 Å². The van der Waals surface area contributed by atoms with Gasteiger partial charge in [-0.25, -0.2) is 0 Å². The average molecular weight is 281 g/mol. The molecule has 2 aliphatic rings. The summed E-state index contributed by atoms with van der Waals surface area (Å²) in [6.07, 6.45) is 7.87. The minimum absolute atomic E-state index is 0. The van der Waals surface area contributed by atoms with Gasteiger partial charge in [-0.1, -0.05) is 24.6 Å². The summed E-state index contributed by atoms with van der Waals surface area (Å²) >= 11 is 0. The van der Waals surface area contributed by atoms with E-state index in [2.05, 4.69) is 23.1 Å². The van der Waals surface area contributed by atoms with Gasteiger partial charge in [-0.2, -0.15) is 0 Å². The average Bonchev–Trinajstić information content (AvgIpc) is 2.87. The second kappa shape index (κ2) is 6.74. The molecule has 2 N–H and O–H groups in total. The second-order valence-corrected chi connectivity index (χ2v) is 5.81. The van der Waals surface area contributed by atoms with Crippen LogP contribution in [0.25, 0.3) is 0 Å². The minimum Gasteiger partial charge on any atom is -0.329 e. The van der Waals surface area contributed by atoms with E-state index in [1.807, 2.05) is 0 Å². The Balaban J connectivity index is 0.00000133. The van der Waals surface area contributed by atoms with Gasteiger partial charge in [0.2, 0.25) is 0 Å². The van der Waals surface area contributed by atoms with Crippen LogP contribution in [0.2, 0.25) is 0 Å². The number of fused-ring (bicyclic) bond motifs is 1. The molecule has 0 saturated carbocycles. The highest BCUT2D eigenvalue weighted by atomic mass is 35.5. The zero-order chi connectivity index (χ0) is 12.4. The lowest BCUT2D eigenvalue weighted by molar-refractivity contribution is 0.145. The summed E-state index contributed by atoms with van der Waals surface area (Å²) in [4.78, 5) is 2.58. The van der Waals surface area contributed by atoms with Crippen LogP contribution in [0.4, 0.5) is 0 Å². The molecule has 0 spiro atoms. The van der Waals surface area contributed by atoms with E-state index in [1.165, 1.54) is 50.6 Å². The third-order valence-corrected chi connectivity index (χ3v) is 4.57. The van der Waals surface area contributed by atoms with Gasteiger partial charge in [-0.15, -0.1) is 12.4 Å². The van der Waals surface area contributed by atoms with Crippen molar-refractivity contribution in [1.29, 1.82) is 0 Å². The monoisotopic (exact) mass is 280 g/mol. The molecule has 1 atom stereocenters. The van der Waals surface area contributed by atoms with E-state index in [1.54, 1.807) is 11.1 Å². The molecule has 3 rings (SSSR count). The number of aryl methyl sites for hydroxylation is 2. The van der Waals surface area contributed by atoms with E-state index in [-0.39, 0.29) is 12.4 Å². The lowest BCUT2D eigenvalue weighted by atomic mass is 10.00. The molecule has 1 unspecified atom stereocenters. The molecule has 0 amide bonds. The molecule has 1 aromatic rings. The van der Waals surface area contributed by atoms with Crippen LogP contribution in [0.15, 0.2) is 18.2 Å². The largest absolute Gasteiger partial charge is 0.329 e. The fraction of sp³-hybridized carbons (Fsp3) is 0.625.